The summed E-state index contributed by atoms with van der Waals surface area (Å²) >= 11 is 0. The molecular weight excluding hydrogens is 399 g/mol. The van der Waals surface area contributed by atoms with E-state index < -0.39 is 11.7 Å². The predicted molar refractivity (Wildman–Crippen MR) is 102 cm³/mol. The number of carbonyl (C=O) groups is 2. The molecule has 3 heterocycles. The lowest BCUT2D eigenvalue weighted by Crippen LogP contribution is -2.36. The molecule has 0 bridgehead atoms. The van der Waals surface area contributed by atoms with Crippen molar-refractivity contribution in [2.75, 3.05) is 33.2 Å². The highest BCUT2D eigenvalue weighted by Gasteiger charge is 2.42. The first-order chi connectivity index (χ1) is 14.2. The van der Waals surface area contributed by atoms with Gasteiger partial charge in [0.2, 0.25) is 0 Å². The Labute approximate surface area is 171 Å². The van der Waals surface area contributed by atoms with Crippen molar-refractivity contribution in [1.29, 1.82) is 0 Å². The van der Waals surface area contributed by atoms with Gasteiger partial charge in [0.05, 0.1) is 5.56 Å². The molecule has 2 aromatic rings. The Morgan fingerprint density at radius 1 is 1.13 bits per heavy atom. The monoisotopic (exact) mass is 421 g/mol. The molecule has 4 rings (SSSR count). The zero-order valence-electron chi connectivity index (χ0n) is 16.4. The first kappa shape index (κ1) is 20.4. The number of alkyl halides is 3. The van der Waals surface area contributed by atoms with E-state index in [1.54, 1.807) is 11.0 Å². The molecule has 7 nitrogen and oxygen atoms in total. The number of hydrogen-bond acceptors (Lipinski definition) is 4. The van der Waals surface area contributed by atoms with Gasteiger partial charge in [0.25, 0.3) is 5.91 Å². The maximum Gasteiger partial charge on any atom is 0.416 e. The first-order valence-corrected chi connectivity index (χ1v) is 9.70. The van der Waals surface area contributed by atoms with E-state index in [0.717, 1.165) is 19.2 Å². The second-order valence-electron chi connectivity index (χ2n) is 7.82. The van der Waals surface area contributed by atoms with Crippen LogP contribution in [-0.4, -0.2) is 64.7 Å². The number of likely N-dealkylation sites (tertiary alicyclic amines) is 2. The van der Waals surface area contributed by atoms with Gasteiger partial charge < -0.3 is 10.2 Å². The van der Waals surface area contributed by atoms with Crippen LogP contribution >= 0.6 is 0 Å². The van der Waals surface area contributed by atoms with E-state index in [4.69, 9.17) is 0 Å². The van der Waals surface area contributed by atoms with E-state index in [9.17, 15) is 22.8 Å². The summed E-state index contributed by atoms with van der Waals surface area (Å²) in [6.45, 7) is 3.05. The molecule has 1 N–H and O–H groups in total. The Hall–Kier alpha value is -2.88. The van der Waals surface area contributed by atoms with Crippen LogP contribution in [0.2, 0.25) is 0 Å². The lowest BCUT2D eigenvalue weighted by molar-refractivity contribution is -0.137. The average Bonchev–Trinajstić information content (AvgIpc) is 3.41. The van der Waals surface area contributed by atoms with Gasteiger partial charge in [-0.15, -0.1) is 0 Å². The summed E-state index contributed by atoms with van der Waals surface area (Å²) < 4.78 is 39.9. The van der Waals surface area contributed by atoms with Gasteiger partial charge in [-0.2, -0.15) is 23.0 Å². The molecule has 2 unspecified atom stereocenters. The number of hydrogen-bond donors (Lipinski definition) is 1. The van der Waals surface area contributed by atoms with Crippen LogP contribution in [0, 0.1) is 11.8 Å². The topological polar surface area (TPSA) is 70.5 Å². The van der Waals surface area contributed by atoms with Crippen LogP contribution in [0.4, 0.5) is 18.0 Å². The SMILES string of the molecule is CNC(=O)c1ccn(C(=O)N2CC3CN(Cc4cccc(C(F)(F)F)c4)CC3C2)n1. The van der Waals surface area contributed by atoms with E-state index in [2.05, 4.69) is 15.3 Å². The standard InChI is InChI=1S/C20H22F3N5O2/c1-24-18(29)17-5-6-28(25-17)19(30)27-11-14-9-26(10-15(14)12-27)8-13-3-2-4-16(7-13)20(21,22)23/h2-7,14-15H,8-12H2,1H3,(H,24,29). The highest BCUT2D eigenvalue weighted by molar-refractivity contribution is 5.92. The number of benzene rings is 1. The van der Waals surface area contributed by atoms with Crippen molar-refractivity contribution in [2.24, 2.45) is 11.8 Å². The van der Waals surface area contributed by atoms with Crippen LogP contribution in [0.1, 0.15) is 21.6 Å². The summed E-state index contributed by atoms with van der Waals surface area (Å²) in [5.74, 6) is 0.188. The number of nitrogens with zero attached hydrogens (tertiary/aromatic N) is 4. The van der Waals surface area contributed by atoms with Gasteiger partial charge in [0.1, 0.15) is 0 Å². The largest absolute Gasteiger partial charge is 0.416 e. The van der Waals surface area contributed by atoms with Gasteiger partial charge in [-0.3, -0.25) is 9.69 Å². The zero-order valence-corrected chi connectivity index (χ0v) is 16.4. The lowest BCUT2D eigenvalue weighted by atomic mass is 10.0. The predicted octanol–water partition coefficient (Wildman–Crippen LogP) is 2.29. The Kier molecular flexibility index (Phi) is 5.27. The minimum absolute atomic E-state index is 0.178. The number of aromatic nitrogens is 2. The average molecular weight is 421 g/mol. The molecule has 2 fully saturated rings. The molecule has 0 aliphatic carbocycles. The lowest BCUT2D eigenvalue weighted by Gasteiger charge is -2.21. The van der Waals surface area contributed by atoms with Gasteiger partial charge in [0, 0.05) is 46.0 Å². The van der Waals surface area contributed by atoms with Crippen LogP contribution in [0.3, 0.4) is 0 Å². The molecule has 2 atom stereocenters. The molecule has 2 aliphatic rings. The van der Waals surface area contributed by atoms with Crippen LogP contribution in [0.25, 0.3) is 0 Å². The van der Waals surface area contributed by atoms with E-state index in [1.807, 2.05) is 0 Å². The summed E-state index contributed by atoms with van der Waals surface area (Å²) in [6, 6.07) is 6.64. The van der Waals surface area contributed by atoms with Crippen molar-refractivity contribution < 1.29 is 22.8 Å². The van der Waals surface area contributed by atoms with Crippen molar-refractivity contribution in [3.8, 4) is 0 Å². The molecule has 0 radical (unpaired) electrons. The fourth-order valence-electron chi connectivity index (χ4n) is 4.30. The maximum absolute atomic E-state index is 12.9. The Morgan fingerprint density at radius 3 is 2.47 bits per heavy atom. The van der Waals surface area contributed by atoms with Crippen LogP contribution in [0.15, 0.2) is 36.5 Å². The highest BCUT2D eigenvalue weighted by Crippen LogP contribution is 2.33. The van der Waals surface area contributed by atoms with E-state index in [1.165, 1.54) is 36.1 Å². The second kappa shape index (κ2) is 7.75. The summed E-state index contributed by atoms with van der Waals surface area (Å²) in [5, 5.41) is 6.49. The van der Waals surface area contributed by atoms with Gasteiger partial charge in [0.15, 0.2) is 5.69 Å². The van der Waals surface area contributed by atoms with Crippen molar-refractivity contribution in [3.63, 3.8) is 0 Å². The van der Waals surface area contributed by atoms with Crippen molar-refractivity contribution in [2.45, 2.75) is 12.7 Å². The van der Waals surface area contributed by atoms with Crippen LogP contribution in [0.5, 0.6) is 0 Å². The third-order valence-corrected chi connectivity index (χ3v) is 5.74. The molecule has 1 aromatic carbocycles. The third-order valence-electron chi connectivity index (χ3n) is 5.74. The smallest absolute Gasteiger partial charge is 0.354 e. The quantitative estimate of drug-likeness (QED) is 0.826. The Bertz CT molecular complexity index is 944. The number of amides is 2. The summed E-state index contributed by atoms with van der Waals surface area (Å²) in [5.41, 5.74) is 0.181. The fourth-order valence-corrected chi connectivity index (χ4v) is 4.30. The zero-order chi connectivity index (χ0) is 21.5. The summed E-state index contributed by atoms with van der Waals surface area (Å²) in [7, 11) is 1.50. The second-order valence-corrected chi connectivity index (χ2v) is 7.82. The van der Waals surface area contributed by atoms with Gasteiger partial charge in [-0.1, -0.05) is 18.2 Å². The van der Waals surface area contributed by atoms with Gasteiger partial charge in [-0.05, 0) is 29.5 Å². The van der Waals surface area contributed by atoms with Crippen molar-refractivity contribution in [3.05, 3.63) is 53.3 Å². The summed E-state index contributed by atoms with van der Waals surface area (Å²) in [4.78, 5) is 28.2. The number of rotatable bonds is 3. The Morgan fingerprint density at radius 2 is 1.83 bits per heavy atom. The van der Waals surface area contributed by atoms with Crippen LogP contribution < -0.4 is 5.32 Å². The number of carbonyl (C=O) groups excluding carboxylic acids is 2. The number of nitrogens with one attached hydrogen (secondary N) is 1. The highest BCUT2D eigenvalue weighted by atomic mass is 19.4. The van der Waals surface area contributed by atoms with Crippen LogP contribution in [-0.2, 0) is 12.7 Å². The van der Waals surface area contributed by atoms with Crippen molar-refractivity contribution in [1.82, 2.24) is 24.9 Å². The molecule has 2 aliphatic heterocycles. The minimum Gasteiger partial charge on any atom is -0.354 e. The molecule has 2 saturated heterocycles. The normalized spacial score (nSPS) is 21.7. The molecule has 10 heteroatoms. The van der Waals surface area contributed by atoms with E-state index >= 15 is 0 Å². The maximum atomic E-state index is 12.9. The van der Waals surface area contributed by atoms with Gasteiger partial charge >= 0.3 is 12.2 Å². The number of fused-ring (bicyclic) bond motifs is 1. The van der Waals surface area contributed by atoms with Gasteiger partial charge in [-0.25, -0.2) is 4.79 Å². The van der Waals surface area contributed by atoms with Crippen molar-refractivity contribution >= 4 is 11.9 Å². The van der Waals surface area contributed by atoms with E-state index in [0.29, 0.717) is 25.2 Å². The molecular formula is C20H22F3N5O2. The molecule has 2 amide bonds. The van der Waals surface area contributed by atoms with E-state index in [-0.39, 0.29) is 29.5 Å². The fraction of sp³-hybridized carbons (Fsp3) is 0.450. The molecule has 0 spiro atoms. The minimum atomic E-state index is -4.34. The third kappa shape index (κ3) is 4.04. The molecule has 30 heavy (non-hydrogen) atoms. The molecule has 0 saturated carbocycles. The first-order valence-electron chi connectivity index (χ1n) is 9.70. The molecule has 1 aromatic heterocycles. The molecule has 160 valence electrons. The Balaban J connectivity index is 1.34. The number of halogens is 3. The summed E-state index contributed by atoms with van der Waals surface area (Å²) in [6.07, 6.45) is -2.87.